The van der Waals surface area contributed by atoms with Crippen LogP contribution in [-0.4, -0.2) is 27.0 Å². The fourth-order valence-corrected chi connectivity index (χ4v) is 1.57. The van der Waals surface area contributed by atoms with Crippen molar-refractivity contribution in [2.45, 2.75) is 20.8 Å². The Morgan fingerprint density at radius 1 is 1.53 bits per heavy atom. The monoisotopic (exact) mass is 232 g/mol. The molecule has 90 valence electrons. The van der Waals surface area contributed by atoms with E-state index in [1.807, 2.05) is 13.0 Å². The summed E-state index contributed by atoms with van der Waals surface area (Å²) in [5.74, 6) is 0.310. The predicted octanol–water partition coefficient (Wildman–Crippen LogP) is 1.42. The molecule has 0 atom stereocenters. The van der Waals surface area contributed by atoms with Crippen LogP contribution in [0.3, 0.4) is 0 Å². The minimum absolute atomic E-state index is 0.116. The van der Waals surface area contributed by atoms with Crippen LogP contribution in [0.15, 0.2) is 18.3 Å². The van der Waals surface area contributed by atoms with Crippen LogP contribution in [0.25, 0.3) is 5.65 Å². The standard InChI is InChI=1S/C12H16N4O/c1-8(2)7-14-12(17)10-4-5-13-11-6-9(3)15-16(10)11/h4-6,8H,7H2,1-3H3,(H,14,17). The first-order chi connectivity index (χ1) is 8.08. The Morgan fingerprint density at radius 2 is 2.29 bits per heavy atom. The molecular formula is C12H16N4O. The van der Waals surface area contributed by atoms with Gasteiger partial charge in [0.1, 0.15) is 5.69 Å². The fourth-order valence-electron chi connectivity index (χ4n) is 1.57. The van der Waals surface area contributed by atoms with Gasteiger partial charge in [0.15, 0.2) is 5.65 Å². The maximum absolute atomic E-state index is 12.0. The van der Waals surface area contributed by atoms with Crippen molar-refractivity contribution >= 4 is 11.6 Å². The molecule has 17 heavy (non-hydrogen) atoms. The molecule has 2 heterocycles. The van der Waals surface area contributed by atoms with E-state index < -0.39 is 0 Å². The van der Waals surface area contributed by atoms with Gasteiger partial charge in [-0.25, -0.2) is 9.50 Å². The maximum atomic E-state index is 12.0. The van der Waals surface area contributed by atoms with Gasteiger partial charge in [-0.3, -0.25) is 4.79 Å². The summed E-state index contributed by atoms with van der Waals surface area (Å²) in [6.07, 6.45) is 1.63. The minimum Gasteiger partial charge on any atom is -0.350 e. The second-order valence-electron chi connectivity index (χ2n) is 4.49. The van der Waals surface area contributed by atoms with Crippen molar-refractivity contribution in [2.75, 3.05) is 6.54 Å². The molecule has 0 radical (unpaired) electrons. The highest BCUT2D eigenvalue weighted by Gasteiger charge is 2.11. The number of nitrogens with one attached hydrogen (secondary N) is 1. The van der Waals surface area contributed by atoms with Gasteiger partial charge in [-0.1, -0.05) is 13.8 Å². The first-order valence-electron chi connectivity index (χ1n) is 5.67. The highest BCUT2D eigenvalue weighted by atomic mass is 16.1. The van der Waals surface area contributed by atoms with Crippen LogP contribution in [0.4, 0.5) is 0 Å². The quantitative estimate of drug-likeness (QED) is 0.870. The maximum Gasteiger partial charge on any atom is 0.270 e. The zero-order valence-corrected chi connectivity index (χ0v) is 10.3. The van der Waals surface area contributed by atoms with Crippen LogP contribution in [0.1, 0.15) is 30.0 Å². The first-order valence-corrected chi connectivity index (χ1v) is 5.67. The molecule has 0 bridgehead atoms. The van der Waals surface area contributed by atoms with E-state index in [2.05, 4.69) is 29.2 Å². The summed E-state index contributed by atoms with van der Waals surface area (Å²) in [5.41, 5.74) is 2.06. The molecule has 0 aliphatic carbocycles. The third kappa shape index (κ3) is 2.43. The molecule has 0 saturated heterocycles. The number of aryl methyl sites for hydroxylation is 1. The van der Waals surface area contributed by atoms with Crippen LogP contribution in [0, 0.1) is 12.8 Å². The van der Waals surface area contributed by atoms with Crippen LogP contribution in [0.5, 0.6) is 0 Å². The molecular weight excluding hydrogens is 216 g/mol. The molecule has 2 aromatic heterocycles. The molecule has 2 aromatic rings. The van der Waals surface area contributed by atoms with E-state index in [0.29, 0.717) is 23.8 Å². The Kier molecular flexibility index (Phi) is 3.08. The third-order valence-electron chi connectivity index (χ3n) is 2.38. The number of nitrogens with zero attached hydrogens (tertiary/aromatic N) is 3. The van der Waals surface area contributed by atoms with Gasteiger partial charge in [0.25, 0.3) is 5.91 Å². The van der Waals surface area contributed by atoms with E-state index in [-0.39, 0.29) is 5.91 Å². The lowest BCUT2D eigenvalue weighted by molar-refractivity contribution is 0.0941. The zero-order chi connectivity index (χ0) is 12.4. The zero-order valence-electron chi connectivity index (χ0n) is 10.3. The Hall–Kier alpha value is -1.91. The molecule has 0 aromatic carbocycles. The SMILES string of the molecule is Cc1cc2nccc(C(=O)NCC(C)C)n2n1. The smallest absolute Gasteiger partial charge is 0.270 e. The Labute approximate surface area is 99.9 Å². The van der Waals surface area contributed by atoms with Crippen molar-refractivity contribution in [3.8, 4) is 0 Å². The van der Waals surface area contributed by atoms with Crippen molar-refractivity contribution in [3.63, 3.8) is 0 Å². The average molecular weight is 232 g/mol. The highest BCUT2D eigenvalue weighted by Crippen LogP contribution is 2.06. The van der Waals surface area contributed by atoms with Crippen molar-refractivity contribution in [1.29, 1.82) is 0 Å². The number of hydrogen-bond acceptors (Lipinski definition) is 3. The van der Waals surface area contributed by atoms with Crippen LogP contribution in [-0.2, 0) is 0 Å². The first kappa shape index (κ1) is 11.6. The van der Waals surface area contributed by atoms with Crippen LogP contribution in [0.2, 0.25) is 0 Å². The number of hydrogen-bond donors (Lipinski definition) is 1. The number of aromatic nitrogens is 3. The van der Waals surface area contributed by atoms with E-state index in [1.54, 1.807) is 16.8 Å². The highest BCUT2D eigenvalue weighted by molar-refractivity contribution is 5.92. The second kappa shape index (κ2) is 4.53. The molecule has 0 unspecified atom stereocenters. The van der Waals surface area contributed by atoms with Crippen molar-refractivity contribution < 1.29 is 4.79 Å². The normalized spacial score (nSPS) is 11.1. The Bertz CT molecular complexity index is 544. The fraction of sp³-hybridized carbons (Fsp3) is 0.417. The minimum atomic E-state index is -0.116. The number of rotatable bonds is 3. The van der Waals surface area contributed by atoms with Gasteiger partial charge in [-0.2, -0.15) is 5.10 Å². The van der Waals surface area contributed by atoms with Gasteiger partial charge in [-0.15, -0.1) is 0 Å². The lowest BCUT2D eigenvalue weighted by atomic mass is 10.2. The van der Waals surface area contributed by atoms with Gasteiger partial charge < -0.3 is 5.32 Å². The van der Waals surface area contributed by atoms with Crippen LogP contribution < -0.4 is 5.32 Å². The van der Waals surface area contributed by atoms with E-state index in [4.69, 9.17) is 0 Å². The van der Waals surface area contributed by atoms with Gasteiger partial charge in [0.05, 0.1) is 5.69 Å². The lowest BCUT2D eigenvalue weighted by Crippen LogP contribution is -2.29. The van der Waals surface area contributed by atoms with Crippen LogP contribution >= 0.6 is 0 Å². The van der Waals surface area contributed by atoms with E-state index in [0.717, 1.165) is 5.69 Å². The summed E-state index contributed by atoms with van der Waals surface area (Å²) in [5, 5.41) is 7.13. The average Bonchev–Trinajstić information content (AvgIpc) is 2.65. The van der Waals surface area contributed by atoms with Gasteiger partial charge in [0, 0.05) is 18.8 Å². The van der Waals surface area contributed by atoms with Gasteiger partial charge >= 0.3 is 0 Å². The Balaban J connectivity index is 2.31. The molecule has 0 fully saturated rings. The summed E-state index contributed by atoms with van der Waals surface area (Å²) in [6, 6.07) is 3.52. The van der Waals surface area contributed by atoms with Crippen molar-refractivity contribution in [3.05, 3.63) is 29.7 Å². The summed E-state index contributed by atoms with van der Waals surface area (Å²) < 4.78 is 1.57. The molecule has 5 nitrogen and oxygen atoms in total. The van der Waals surface area contributed by atoms with Gasteiger partial charge in [-0.05, 0) is 18.9 Å². The number of carbonyl (C=O) groups is 1. The summed E-state index contributed by atoms with van der Waals surface area (Å²) in [7, 11) is 0. The largest absolute Gasteiger partial charge is 0.350 e. The summed E-state index contributed by atoms with van der Waals surface area (Å²) in [6.45, 7) is 6.65. The number of fused-ring (bicyclic) bond motifs is 1. The predicted molar refractivity (Wildman–Crippen MR) is 64.9 cm³/mol. The number of amides is 1. The summed E-state index contributed by atoms with van der Waals surface area (Å²) >= 11 is 0. The molecule has 0 saturated carbocycles. The molecule has 5 heteroatoms. The molecule has 0 spiro atoms. The Morgan fingerprint density at radius 3 is 3.00 bits per heavy atom. The van der Waals surface area contributed by atoms with Crippen molar-refractivity contribution in [2.24, 2.45) is 5.92 Å². The molecule has 1 N–H and O–H groups in total. The topological polar surface area (TPSA) is 59.3 Å². The summed E-state index contributed by atoms with van der Waals surface area (Å²) in [4.78, 5) is 16.1. The van der Waals surface area contributed by atoms with Crippen molar-refractivity contribution in [1.82, 2.24) is 19.9 Å². The molecule has 0 aliphatic heterocycles. The second-order valence-corrected chi connectivity index (χ2v) is 4.49. The van der Waals surface area contributed by atoms with E-state index in [1.165, 1.54) is 0 Å². The molecule has 1 amide bonds. The lowest BCUT2D eigenvalue weighted by Gasteiger charge is -2.08. The van der Waals surface area contributed by atoms with Gasteiger partial charge in [0.2, 0.25) is 0 Å². The number of carbonyl (C=O) groups excluding carboxylic acids is 1. The molecule has 2 rings (SSSR count). The van der Waals surface area contributed by atoms with E-state index in [9.17, 15) is 4.79 Å². The third-order valence-corrected chi connectivity index (χ3v) is 2.38. The van der Waals surface area contributed by atoms with E-state index >= 15 is 0 Å². The molecule has 0 aliphatic rings.